The average Bonchev–Trinajstić information content (AvgIpc) is 2.99. The average molecular weight is 671 g/mol. The second-order valence-electron chi connectivity index (χ2n) is 11.5. The predicted molar refractivity (Wildman–Crippen MR) is 176 cm³/mol. The molecular weight excluding hydrogens is 636 g/mol. The van der Waals surface area contributed by atoms with Gasteiger partial charge in [-0.1, -0.05) is 83.9 Å². The number of carbonyl (C=O) groups excluding carboxylic acids is 2. The highest BCUT2D eigenvalue weighted by Crippen LogP contribution is 2.29. The summed E-state index contributed by atoms with van der Waals surface area (Å²) in [6.07, 6.45) is 0.156. The zero-order chi connectivity index (χ0) is 32.8. The molecule has 4 aromatic carbocycles. The van der Waals surface area contributed by atoms with E-state index >= 15 is 0 Å². The van der Waals surface area contributed by atoms with Gasteiger partial charge >= 0.3 is 0 Å². The smallest absolute Gasteiger partial charge is 0.264 e. The fourth-order valence-corrected chi connectivity index (χ4v) is 6.54. The number of hydrogen-bond donors (Lipinski definition) is 1. The number of nitrogens with zero attached hydrogens (tertiary/aromatic N) is 2. The van der Waals surface area contributed by atoms with Gasteiger partial charge in [0.05, 0.1) is 15.6 Å². The molecule has 0 radical (unpaired) electrons. The molecule has 0 saturated heterocycles. The van der Waals surface area contributed by atoms with Crippen LogP contribution in [0.25, 0.3) is 0 Å². The number of halogens is 3. The predicted octanol–water partition coefficient (Wildman–Crippen LogP) is 6.88. The summed E-state index contributed by atoms with van der Waals surface area (Å²) in [6.45, 7) is 4.76. The van der Waals surface area contributed by atoms with Crippen molar-refractivity contribution in [1.29, 1.82) is 0 Å². The first-order valence-corrected chi connectivity index (χ1v) is 16.4. The lowest BCUT2D eigenvalue weighted by atomic mass is 10.0. The van der Waals surface area contributed by atoms with Gasteiger partial charge in [0.1, 0.15) is 18.4 Å². The first-order chi connectivity index (χ1) is 21.2. The zero-order valence-electron chi connectivity index (χ0n) is 25.1. The van der Waals surface area contributed by atoms with Gasteiger partial charge in [-0.05, 0) is 74.4 Å². The molecule has 7 nitrogen and oxygen atoms in total. The Hall–Kier alpha value is -3.92. The summed E-state index contributed by atoms with van der Waals surface area (Å²) in [7, 11) is -4.34. The largest absolute Gasteiger partial charge is 0.350 e. The van der Waals surface area contributed by atoms with Crippen molar-refractivity contribution in [1.82, 2.24) is 10.2 Å². The molecule has 1 atom stereocenters. The third kappa shape index (κ3) is 9.06. The van der Waals surface area contributed by atoms with E-state index in [4.69, 9.17) is 23.2 Å². The highest BCUT2D eigenvalue weighted by molar-refractivity contribution is 7.92. The van der Waals surface area contributed by atoms with Crippen LogP contribution in [-0.2, 0) is 32.6 Å². The monoisotopic (exact) mass is 669 g/mol. The number of rotatable bonds is 11. The van der Waals surface area contributed by atoms with E-state index in [0.29, 0.717) is 10.6 Å². The summed E-state index contributed by atoms with van der Waals surface area (Å²) >= 11 is 12.3. The minimum Gasteiger partial charge on any atom is -0.350 e. The van der Waals surface area contributed by atoms with Gasteiger partial charge in [0.25, 0.3) is 10.0 Å². The Kier molecular flexibility index (Phi) is 10.9. The first kappa shape index (κ1) is 34.0. The molecule has 0 unspecified atom stereocenters. The maximum Gasteiger partial charge on any atom is 0.264 e. The molecule has 0 aromatic heterocycles. The van der Waals surface area contributed by atoms with E-state index in [9.17, 15) is 22.4 Å². The molecular formula is C34H34Cl2FN3O4S. The van der Waals surface area contributed by atoms with Gasteiger partial charge < -0.3 is 10.2 Å². The number of hydrogen-bond acceptors (Lipinski definition) is 4. The van der Waals surface area contributed by atoms with E-state index in [0.717, 1.165) is 22.0 Å². The highest BCUT2D eigenvalue weighted by atomic mass is 35.5. The number of sulfonamides is 1. The van der Waals surface area contributed by atoms with Crippen molar-refractivity contribution >= 4 is 50.7 Å². The van der Waals surface area contributed by atoms with E-state index in [1.807, 2.05) is 51.1 Å². The van der Waals surface area contributed by atoms with Gasteiger partial charge in [-0.25, -0.2) is 12.8 Å². The molecule has 0 aliphatic carbocycles. The van der Waals surface area contributed by atoms with Gasteiger partial charge in [-0.2, -0.15) is 0 Å². The van der Waals surface area contributed by atoms with E-state index in [1.165, 1.54) is 23.1 Å². The Balaban J connectivity index is 1.83. The Morgan fingerprint density at radius 1 is 0.844 bits per heavy atom. The van der Waals surface area contributed by atoms with E-state index in [1.54, 1.807) is 42.5 Å². The van der Waals surface area contributed by atoms with Crippen LogP contribution in [0.1, 0.15) is 31.9 Å². The SMILES string of the molecule is CC(C)(C)NC(=O)[C@@H](Cc1ccccc1)N(Cc1cccc(Cl)c1)C(=O)CN(c1ccc(F)c(Cl)c1)S(=O)(=O)c1ccccc1. The summed E-state index contributed by atoms with van der Waals surface area (Å²) in [6, 6.07) is 26.1. The van der Waals surface area contributed by atoms with Crippen molar-refractivity contribution in [2.24, 2.45) is 0 Å². The fraction of sp³-hybridized carbons (Fsp3) is 0.235. The number of anilines is 1. The van der Waals surface area contributed by atoms with Crippen molar-refractivity contribution in [3.8, 4) is 0 Å². The minimum absolute atomic E-state index is 0.0138. The van der Waals surface area contributed by atoms with Crippen LogP contribution in [0, 0.1) is 5.82 Å². The van der Waals surface area contributed by atoms with Crippen molar-refractivity contribution in [3.63, 3.8) is 0 Å². The van der Waals surface area contributed by atoms with Crippen LogP contribution in [0.3, 0.4) is 0 Å². The third-order valence-corrected chi connectivity index (χ3v) is 9.13. The normalized spacial score (nSPS) is 12.3. The van der Waals surface area contributed by atoms with Crippen LogP contribution >= 0.6 is 23.2 Å². The zero-order valence-corrected chi connectivity index (χ0v) is 27.4. The maximum atomic E-state index is 14.4. The molecule has 0 heterocycles. The molecule has 0 fully saturated rings. The van der Waals surface area contributed by atoms with E-state index < -0.39 is 45.8 Å². The van der Waals surface area contributed by atoms with Crippen LogP contribution in [0.2, 0.25) is 10.0 Å². The van der Waals surface area contributed by atoms with Crippen molar-refractivity contribution in [2.75, 3.05) is 10.8 Å². The number of benzene rings is 4. The minimum atomic E-state index is -4.34. The maximum absolute atomic E-state index is 14.4. The molecule has 2 amide bonds. The molecule has 236 valence electrons. The number of carbonyl (C=O) groups is 2. The molecule has 0 saturated carbocycles. The number of nitrogens with one attached hydrogen (secondary N) is 1. The lowest BCUT2D eigenvalue weighted by Gasteiger charge is -2.35. The van der Waals surface area contributed by atoms with Gasteiger partial charge in [0, 0.05) is 23.5 Å². The first-order valence-electron chi connectivity index (χ1n) is 14.2. The van der Waals surface area contributed by atoms with Crippen LogP contribution in [0.5, 0.6) is 0 Å². The Morgan fingerprint density at radius 2 is 1.47 bits per heavy atom. The summed E-state index contributed by atoms with van der Waals surface area (Å²) in [5.41, 5.74) is 0.805. The molecule has 1 N–H and O–H groups in total. The van der Waals surface area contributed by atoms with Crippen molar-refractivity contribution in [2.45, 2.75) is 50.2 Å². The topological polar surface area (TPSA) is 86.8 Å². The van der Waals surface area contributed by atoms with Crippen LogP contribution in [0.15, 0.2) is 108 Å². The molecule has 4 aromatic rings. The van der Waals surface area contributed by atoms with Gasteiger partial charge in [-0.3, -0.25) is 13.9 Å². The highest BCUT2D eigenvalue weighted by Gasteiger charge is 2.35. The van der Waals surface area contributed by atoms with E-state index in [-0.39, 0.29) is 28.6 Å². The fourth-order valence-electron chi connectivity index (χ4n) is 4.73. The molecule has 11 heteroatoms. The second-order valence-corrected chi connectivity index (χ2v) is 14.2. The number of amides is 2. The third-order valence-electron chi connectivity index (χ3n) is 6.81. The van der Waals surface area contributed by atoms with Crippen LogP contribution < -0.4 is 9.62 Å². The van der Waals surface area contributed by atoms with Crippen LogP contribution in [-0.4, -0.2) is 43.3 Å². The molecule has 0 bridgehead atoms. The summed E-state index contributed by atoms with van der Waals surface area (Å²) < 4.78 is 43.0. The molecule has 0 aliphatic rings. The molecule has 0 aliphatic heterocycles. The quantitative estimate of drug-likeness (QED) is 0.189. The molecule has 4 rings (SSSR count). The van der Waals surface area contributed by atoms with Crippen molar-refractivity contribution < 1.29 is 22.4 Å². The standard InChI is InChI=1S/C34H34Cl2FN3O4S/c1-34(2,3)38-33(42)31(20-24-11-6-4-7-12-24)39(22-25-13-10-14-26(35)19-25)32(41)23-40(27-17-18-30(37)29(36)21-27)45(43,44)28-15-8-5-9-16-28/h4-19,21,31H,20,22-23H2,1-3H3,(H,38,42)/t31-/m1/s1. The van der Waals surface area contributed by atoms with Gasteiger partial charge in [0.15, 0.2) is 0 Å². The summed E-state index contributed by atoms with van der Waals surface area (Å²) in [5.74, 6) is -1.82. The molecule has 45 heavy (non-hydrogen) atoms. The van der Waals surface area contributed by atoms with Crippen LogP contribution in [0.4, 0.5) is 10.1 Å². The summed E-state index contributed by atoms with van der Waals surface area (Å²) in [5, 5.41) is 3.11. The lowest BCUT2D eigenvalue weighted by molar-refractivity contribution is -0.140. The van der Waals surface area contributed by atoms with Crippen molar-refractivity contribution in [3.05, 3.63) is 130 Å². The Labute approximate surface area is 273 Å². The molecule has 0 spiro atoms. The van der Waals surface area contributed by atoms with Gasteiger partial charge in [0.2, 0.25) is 11.8 Å². The Morgan fingerprint density at radius 3 is 2.07 bits per heavy atom. The summed E-state index contributed by atoms with van der Waals surface area (Å²) in [4.78, 5) is 29.6. The van der Waals surface area contributed by atoms with E-state index in [2.05, 4.69) is 5.32 Å². The second kappa shape index (κ2) is 14.5. The lowest BCUT2D eigenvalue weighted by Crippen LogP contribution is -2.56. The Bertz CT molecular complexity index is 1750. The van der Waals surface area contributed by atoms with Gasteiger partial charge in [-0.15, -0.1) is 0 Å².